The maximum atomic E-state index is 11.3. The maximum Gasteiger partial charge on any atom is 0.218 e. The van der Waals surface area contributed by atoms with E-state index in [1.807, 2.05) is 0 Å². The second-order valence-electron chi connectivity index (χ2n) is 3.03. The summed E-state index contributed by atoms with van der Waals surface area (Å²) in [5, 5.41) is 4.02. The quantitative estimate of drug-likeness (QED) is 0.661. The Morgan fingerprint density at radius 2 is 2.40 bits per heavy atom. The monoisotopic (exact) mass is 248 g/mol. The van der Waals surface area contributed by atoms with E-state index in [9.17, 15) is 8.42 Å². The Morgan fingerprint density at radius 3 is 2.87 bits per heavy atom. The van der Waals surface area contributed by atoms with E-state index in [0.717, 1.165) is 0 Å². The number of nitrogens with one attached hydrogen (secondary N) is 1. The summed E-state index contributed by atoms with van der Waals surface area (Å²) in [5.74, 6) is -0.338. The highest BCUT2D eigenvalue weighted by molar-refractivity contribution is 7.92. The summed E-state index contributed by atoms with van der Waals surface area (Å²) in [5.41, 5.74) is 5.79. The van der Waals surface area contributed by atoms with Crippen LogP contribution in [0.3, 0.4) is 0 Å². The summed E-state index contributed by atoms with van der Waals surface area (Å²) in [6.07, 6.45) is 1.73. The minimum atomic E-state index is -3.44. The lowest BCUT2D eigenvalue weighted by Crippen LogP contribution is -2.32. The zero-order valence-corrected chi connectivity index (χ0v) is 9.81. The molecule has 84 valence electrons. The molecule has 0 bridgehead atoms. The minimum absolute atomic E-state index is 0.0523. The van der Waals surface area contributed by atoms with Gasteiger partial charge in [-0.25, -0.2) is 13.1 Å². The van der Waals surface area contributed by atoms with E-state index in [1.165, 1.54) is 0 Å². The van der Waals surface area contributed by atoms with E-state index in [0.29, 0.717) is 5.69 Å². The van der Waals surface area contributed by atoms with Crippen LogP contribution in [-0.2, 0) is 23.6 Å². The summed E-state index contributed by atoms with van der Waals surface area (Å²) in [4.78, 5) is -0.0523. The van der Waals surface area contributed by atoms with Crippen molar-refractivity contribution in [3.63, 3.8) is 0 Å². The molecular weight excluding hydrogens is 236 g/mol. The Balaban J connectivity index is 2.53. The van der Waals surface area contributed by atoms with E-state index in [2.05, 4.69) is 22.0 Å². The summed E-state index contributed by atoms with van der Waals surface area (Å²) in [7, 11) is -1.68. The van der Waals surface area contributed by atoms with Crippen LogP contribution in [0.25, 0.3) is 0 Å². The predicted octanol–water partition coefficient (Wildman–Crippen LogP) is -0.874. The van der Waals surface area contributed by atoms with Gasteiger partial charge in [0.1, 0.15) is 5.75 Å². The van der Waals surface area contributed by atoms with Crippen LogP contribution in [0.2, 0.25) is 0 Å². The van der Waals surface area contributed by atoms with Crippen molar-refractivity contribution in [3.8, 4) is 0 Å². The number of rotatable bonds is 5. The van der Waals surface area contributed by atoms with Crippen LogP contribution in [0.1, 0.15) is 5.69 Å². The first-order valence-electron chi connectivity index (χ1n) is 4.13. The average molecular weight is 248 g/mol. The predicted molar refractivity (Wildman–Crippen MR) is 60.6 cm³/mol. The molecule has 15 heavy (non-hydrogen) atoms. The van der Waals surface area contributed by atoms with E-state index in [1.54, 1.807) is 24.0 Å². The van der Waals surface area contributed by atoms with Gasteiger partial charge in [0.2, 0.25) is 10.0 Å². The molecule has 0 aromatic carbocycles. The highest BCUT2D eigenvalue weighted by atomic mass is 32.2. The number of aryl methyl sites for hydroxylation is 1. The molecule has 0 unspecified atom stereocenters. The molecule has 8 heteroatoms. The lowest BCUT2D eigenvalue weighted by atomic mass is 10.4. The molecule has 1 aromatic heterocycles. The summed E-state index contributed by atoms with van der Waals surface area (Å²) >= 11 is 4.52. The van der Waals surface area contributed by atoms with E-state index >= 15 is 0 Å². The number of thiocarbonyl (C=S) groups is 1. The maximum absolute atomic E-state index is 11.3. The van der Waals surface area contributed by atoms with E-state index in [4.69, 9.17) is 5.73 Å². The van der Waals surface area contributed by atoms with Gasteiger partial charge in [0.05, 0.1) is 17.2 Å². The first-order valence-corrected chi connectivity index (χ1v) is 6.19. The van der Waals surface area contributed by atoms with Gasteiger partial charge in [-0.15, -0.1) is 0 Å². The molecule has 1 heterocycles. The molecule has 0 fully saturated rings. The lowest BCUT2D eigenvalue weighted by Gasteiger charge is -2.03. The fourth-order valence-corrected chi connectivity index (χ4v) is 2.29. The van der Waals surface area contributed by atoms with Gasteiger partial charge < -0.3 is 5.73 Å². The van der Waals surface area contributed by atoms with Gasteiger partial charge in [0.25, 0.3) is 0 Å². The fraction of sp³-hybridized carbons (Fsp3) is 0.429. The van der Waals surface area contributed by atoms with Gasteiger partial charge >= 0.3 is 0 Å². The van der Waals surface area contributed by atoms with E-state index < -0.39 is 10.0 Å². The molecule has 1 aromatic rings. The van der Waals surface area contributed by atoms with E-state index in [-0.39, 0.29) is 17.3 Å². The highest BCUT2D eigenvalue weighted by Crippen LogP contribution is 1.95. The Labute approximate surface area is 93.5 Å². The third kappa shape index (κ3) is 4.36. The normalized spacial score (nSPS) is 11.5. The van der Waals surface area contributed by atoms with Crippen molar-refractivity contribution in [3.05, 3.63) is 18.0 Å². The van der Waals surface area contributed by atoms with Crippen LogP contribution in [0.4, 0.5) is 0 Å². The van der Waals surface area contributed by atoms with Gasteiger partial charge in [-0.2, -0.15) is 5.10 Å². The molecule has 0 aliphatic carbocycles. The highest BCUT2D eigenvalue weighted by Gasteiger charge is 2.11. The summed E-state index contributed by atoms with van der Waals surface area (Å²) < 4.78 is 26.6. The molecule has 0 radical (unpaired) electrons. The number of hydrogen-bond acceptors (Lipinski definition) is 4. The molecule has 0 aliphatic heterocycles. The number of nitrogens with zero attached hydrogens (tertiary/aromatic N) is 2. The molecule has 3 N–H and O–H groups in total. The first kappa shape index (κ1) is 12.1. The van der Waals surface area contributed by atoms with Crippen molar-refractivity contribution in [1.82, 2.24) is 14.5 Å². The number of aromatic nitrogens is 2. The van der Waals surface area contributed by atoms with Crippen molar-refractivity contribution in [1.29, 1.82) is 0 Å². The van der Waals surface area contributed by atoms with Crippen LogP contribution in [0.5, 0.6) is 0 Å². The molecule has 0 amide bonds. The molecule has 0 aliphatic rings. The number of hydrogen-bond donors (Lipinski definition) is 2. The fourth-order valence-electron chi connectivity index (χ4n) is 0.980. The topological polar surface area (TPSA) is 90.0 Å². The van der Waals surface area contributed by atoms with Gasteiger partial charge in [-0.05, 0) is 6.07 Å². The molecule has 0 atom stereocenters. The van der Waals surface area contributed by atoms with Gasteiger partial charge in [0, 0.05) is 13.2 Å². The molecule has 6 nitrogen and oxygen atoms in total. The zero-order valence-electron chi connectivity index (χ0n) is 8.17. The molecule has 0 spiro atoms. The van der Waals surface area contributed by atoms with Crippen LogP contribution >= 0.6 is 12.2 Å². The van der Waals surface area contributed by atoms with Crippen molar-refractivity contribution in [2.45, 2.75) is 6.54 Å². The first-order chi connectivity index (χ1) is 6.89. The smallest absolute Gasteiger partial charge is 0.218 e. The Kier molecular flexibility index (Phi) is 3.77. The number of nitrogens with two attached hydrogens (primary N) is 1. The van der Waals surface area contributed by atoms with Crippen LogP contribution < -0.4 is 10.5 Å². The SMILES string of the molecule is Cn1ccc(CNS(=O)(=O)CC(N)=S)n1. The van der Waals surface area contributed by atoms with Crippen LogP contribution in [-0.4, -0.2) is 28.9 Å². The van der Waals surface area contributed by atoms with Crippen molar-refractivity contribution < 1.29 is 8.42 Å². The molecule has 1 rings (SSSR count). The standard InChI is InChI=1S/C7H12N4O2S2/c1-11-3-2-6(10-11)4-9-15(12,13)5-7(8)14/h2-3,9H,4-5H2,1H3,(H2,8,14). The molecular formula is C7H12N4O2S2. The third-order valence-corrected chi connectivity index (χ3v) is 3.18. The average Bonchev–Trinajstić information content (AvgIpc) is 2.46. The zero-order chi connectivity index (χ0) is 11.5. The van der Waals surface area contributed by atoms with Gasteiger partial charge in [-0.3, -0.25) is 4.68 Å². The Hall–Kier alpha value is -0.990. The Bertz CT molecular complexity index is 451. The minimum Gasteiger partial charge on any atom is -0.392 e. The van der Waals surface area contributed by atoms with Gasteiger partial charge in [-0.1, -0.05) is 12.2 Å². The lowest BCUT2D eigenvalue weighted by molar-refractivity contribution is 0.583. The summed E-state index contributed by atoms with van der Waals surface area (Å²) in [6, 6.07) is 1.73. The molecule has 0 saturated heterocycles. The third-order valence-electron chi connectivity index (χ3n) is 1.57. The van der Waals surface area contributed by atoms with Crippen LogP contribution in [0, 0.1) is 0 Å². The second-order valence-corrected chi connectivity index (χ2v) is 5.36. The van der Waals surface area contributed by atoms with Gasteiger partial charge in [0.15, 0.2) is 0 Å². The summed E-state index contributed by atoms with van der Waals surface area (Å²) in [6.45, 7) is 0.145. The molecule has 0 saturated carbocycles. The largest absolute Gasteiger partial charge is 0.392 e. The van der Waals surface area contributed by atoms with Crippen molar-refractivity contribution >= 4 is 27.2 Å². The van der Waals surface area contributed by atoms with Crippen LogP contribution in [0.15, 0.2) is 12.3 Å². The number of sulfonamides is 1. The van der Waals surface area contributed by atoms with Crippen molar-refractivity contribution in [2.75, 3.05) is 5.75 Å². The van der Waals surface area contributed by atoms with Crippen molar-refractivity contribution in [2.24, 2.45) is 12.8 Å². The Morgan fingerprint density at radius 1 is 1.73 bits per heavy atom. The second kappa shape index (κ2) is 4.69.